The Labute approximate surface area is 93.1 Å². The average molecular weight is 221 g/mol. The van der Waals surface area contributed by atoms with Crippen LogP contribution in [0.25, 0.3) is 0 Å². The molecular formula is C10H23NS2. The highest BCUT2D eigenvalue weighted by molar-refractivity contribution is 7.98. The molecule has 0 atom stereocenters. The van der Waals surface area contributed by atoms with Crippen LogP contribution in [0, 0.1) is 0 Å². The lowest BCUT2D eigenvalue weighted by atomic mass is 10.2. The number of hydrogen-bond donors (Lipinski definition) is 1. The van der Waals surface area contributed by atoms with Crippen molar-refractivity contribution in [1.29, 1.82) is 0 Å². The van der Waals surface area contributed by atoms with Crippen LogP contribution >= 0.6 is 24.4 Å². The van der Waals surface area contributed by atoms with Gasteiger partial charge in [0, 0.05) is 12.3 Å². The smallest absolute Gasteiger partial charge is 0.00692 e. The van der Waals surface area contributed by atoms with Gasteiger partial charge in [-0.2, -0.15) is 24.4 Å². The van der Waals surface area contributed by atoms with E-state index in [1.807, 2.05) is 11.8 Å². The van der Waals surface area contributed by atoms with Crippen LogP contribution in [-0.4, -0.2) is 42.8 Å². The van der Waals surface area contributed by atoms with Gasteiger partial charge in [0.2, 0.25) is 0 Å². The molecule has 0 radical (unpaired) electrons. The Bertz CT molecular complexity index is 98.9. The molecular weight excluding hydrogens is 198 g/mol. The Morgan fingerprint density at radius 3 is 2.38 bits per heavy atom. The van der Waals surface area contributed by atoms with Gasteiger partial charge < -0.3 is 4.90 Å². The van der Waals surface area contributed by atoms with Gasteiger partial charge >= 0.3 is 0 Å². The Kier molecular flexibility index (Phi) is 11.3. The fourth-order valence-electron chi connectivity index (χ4n) is 1.21. The van der Waals surface area contributed by atoms with Crippen molar-refractivity contribution in [2.45, 2.75) is 25.7 Å². The summed E-state index contributed by atoms with van der Waals surface area (Å²) in [7, 11) is 2.22. The van der Waals surface area contributed by atoms with Crippen LogP contribution in [-0.2, 0) is 0 Å². The first kappa shape index (κ1) is 13.7. The van der Waals surface area contributed by atoms with Crippen LogP contribution in [0.1, 0.15) is 25.7 Å². The van der Waals surface area contributed by atoms with E-state index in [9.17, 15) is 0 Å². The predicted octanol–water partition coefficient (Wildman–Crippen LogP) is 2.77. The standard InChI is InChI=1S/C10H23NS2/c1-11(8-10-13-2)7-5-3-4-6-9-12/h12H,3-10H2,1-2H3. The number of thioether (sulfide) groups is 1. The van der Waals surface area contributed by atoms with E-state index in [4.69, 9.17) is 0 Å². The zero-order valence-electron chi connectivity index (χ0n) is 8.96. The van der Waals surface area contributed by atoms with Crippen LogP contribution in [0.3, 0.4) is 0 Å². The van der Waals surface area contributed by atoms with Crippen LogP contribution < -0.4 is 0 Å². The van der Waals surface area contributed by atoms with Crippen LogP contribution in [0.4, 0.5) is 0 Å². The summed E-state index contributed by atoms with van der Waals surface area (Å²) in [5, 5.41) is 0. The van der Waals surface area contributed by atoms with E-state index in [0.717, 1.165) is 5.75 Å². The van der Waals surface area contributed by atoms with Crippen molar-refractivity contribution in [3.8, 4) is 0 Å². The molecule has 0 fully saturated rings. The van der Waals surface area contributed by atoms with E-state index < -0.39 is 0 Å². The monoisotopic (exact) mass is 221 g/mol. The number of hydrogen-bond acceptors (Lipinski definition) is 3. The van der Waals surface area contributed by atoms with Crippen molar-refractivity contribution in [3.63, 3.8) is 0 Å². The highest BCUT2D eigenvalue weighted by Gasteiger charge is 1.96. The third-order valence-electron chi connectivity index (χ3n) is 2.13. The maximum absolute atomic E-state index is 4.20. The summed E-state index contributed by atoms with van der Waals surface area (Å²) < 4.78 is 0. The molecule has 0 aliphatic heterocycles. The molecule has 0 rings (SSSR count). The molecule has 0 aromatic carbocycles. The zero-order valence-corrected chi connectivity index (χ0v) is 10.7. The molecule has 3 heteroatoms. The van der Waals surface area contributed by atoms with Crippen molar-refractivity contribution in [1.82, 2.24) is 4.90 Å². The number of thiol groups is 1. The van der Waals surface area contributed by atoms with E-state index in [0.29, 0.717) is 0 Å². The first-order chi connectivity index (χ1) is 6.31. The van der Waals surface area contributed by atoms with Crippen LogP contribution in [0.5, 0.6) is 0 Å². The maximum Gasteiger partial charge on any atom is 0.00692 e. The Morgan fingerprint density at radius 2 is 1.77 bits per heavy atom. The Balaban J connectivity index is 3.03. The quantitative estimate of drug-likeness (QED) is 0.471. The second kappa shape index (κ2) is 10.7. The molecule has 0 unspecified atom stereocenters. The van der Waals surface area contributed by atoms with Gasteiger partial charge in [0.1, 0.15) is 0 Å². The molecule has 80 valence electrons. The highest BCUT2D eigenvalue weighted by atomic mass is 32.2. The van der Waals surface area contributed by atoms with Crippen LogP contribution in [0.15, 0.2) is 0 Å². The molecule has 0 aliphatic rings. The molecule has 0 heterocycles. The molecule has 13 heavy (non-hydrogen) atoms. The largest absolute Gasteiger partial charge is 0.306 e. The Morgan fingerprint density at radius 1 is 1.08 bits per heavy atom. The topological polar surface area (TPSA) is 3.24 Å². The lowest BCUT2D eigenvalue weighted by Crippen LogP contribution is -2.22. The summed E-state index contributed by atoms with van der Waals surface area (Å²) in [5.41, 5.74) is 0. The average Bonchev–Trinajstić information content (AvgIpc) is 2.14. The third-order valence-corrected chi connectivity index (χ3v) is 3.03. The molecule has 0 saturated carbocycles. The summed E-state index contributed by atoms with van der Waals surface area (Å²) in [6, 6.07) is 0. The highest BCUT2D eigenvalue weighted by Crippen LogP contribution is 2.02. The van der Waals surface area contributed by atoms with E-state index in [-0.39, 0.29) is 0 Å². The number of nitrogens with zero attached hydrogens (tertiary/aromatic N) is 1. The third kappa shape index (κ3) is 10.6. The van der Waals surface area contributed by atoms with Gasteiger partial charge in [0.05, 0.1) is 0 Å². The van der Waals surface area contributed by atoms with Crippen molar-refractivity contribution in [2.24, 2.45) is 0 Å². The van der Waals surface area contributed by atoms with Crippen molar-refractivity contribution < 1.29 is 0 Å². The summed E-state index contributed by atoms with van der Waals surface area (Å²) in [6.45, 7) is 2.49. The fraction of sp³-hybridized carbons (Fsp3) is 1.00. The summed E-state index contributed by atoms with van der Waals surface area (Å²) in [6.07, 6.45) is 7.50. The van der Waals surface area contributed by atoms with Gasteiger partial charge in [-0.25, -0.2) is 0 Å². The normalized spacial score (nSPS) is 11.1. The lowest BCUT2D eigenvalue weighted by Gasteiger charge is -2.15. The van der Waals surface area contributed by atoms with E-state index in [1.165, 1.54) is 44.5 Å². The van der Waals surface area contributed by atoms with E-state index in [1.54, 1.807) is 0 Å². The van der Waals surface area contributed by atoms with E-state index >= 15 is 0 Å². The van der Waals surface area contributed by atoms with Gasteiger partial charge in [0.25, 0.3) is 0 Å². The van der Waals surface area contributed by atoms with Crippen molar-refractivity contribution in [3.05, 3.63) is 0 Å². The van der Waals surface area contributed by atoms with Gasteiger partial charge in [-0.15, -0.1) is 0 Å². The number of rotatable bonds is 9. The molecule has 0 aromatic heterocycles. The molecule has 0 bridgehead atoms. The zero-order chi connectivity index (χ0) is 9.94. The first-order valence-electron chi connectivity index (χ1n) is 5.09. The summed E-state index contributed by atoms with van der Waals surface area (Å²) in [5.74, 6) is 2.30. The van der Waals surface area contributed by atoms with E-state index in [2.05, 4.69) is 30.8 Å². The second-order valence-electron chi connectivity index (χ2n) is 3.43. The van der Waals surface area contributed by atoms with Gasteiger partial charge in [-0.05, 0) is 38.4 Å². The van der Waals surface area contributed by atoms with Crippen molar-refractivity contribution >= 4 is 24.4 Å². The SMILES string of the molecule is CSCCN(C)CCCCCCS. The second-order valence-corrected chi connectivity index (χ2v) is 4.87. The maximum atomic E-state index is 4.20. The molecule has 0 N–H and O–H groups in total. The van der Waals surface area contributed by atoms with Crippen LogP contribution in [0.2, 0.25) is 0 Å². The van der Waals surface area contributed by atoms with Gasteiger partial charge in [-0.1, -0.05) is 12.8 Å². The van der Waals surface area contributed by atoms with Crippen molar-refractivity contribution in [2.75, 3.05) is 37.9 Å². The molecule has 1 nitrogen and oxygen atoms in total. The molecule has 0 aliphatic carbocycles. The van der Waals surface area contributed by atoms with Gasteiger partial charge in [0.15, 0.2) is 0 Å². The lowest BCUT2D eigenvalue weighted by molar-refractivity contribution is 0.344. The minimum absolute atomic E-state index is 1.04. The molecule has 0 spiro atoms. The molecule has 0 saturated heterocycles. The fourth-order valence-corrected chi connectivity index (χ4v) is 1.92. The minimum Gasteiger partial charge on any atom is -0.306 e. The summed E-state index contributed by atoms with van der Waals surface area (Å²) >= 11 is 6.12. The molecule has 0 aromatic rings. The number of unbranched alkanes of at least 4 members (excludes halogenated alkanes) is 3. The van der Waals surface area contributed by atoms with Gasteiger partial charge in [-0.3, -0.25) is 0 Å². The Hall–Kier alpha value is 0.660. The minimum atomic E-state index is 1.04. The molecule has 0 amide bonds. The summed E-state index contributed by atoms with van der Waals surface area (Å²) in [4.78, 5) is 2.43. The predicted molar refractivity (Wildman–Crippen MR) is 68.2 cm³/mol. The first-order valence-corrected chi connectivity index (χ1v) is 7.12.